The number of pyridine rings is 1. The molecule has 1 aliphatic heterocycles. The number of anilines is 1. The third-order valence-corrected chi connectivity index (χ3v) is 6.42. The first-order valence-electron chi connectivity index (χ1n) is 10.4. The Morgan fingerprint density at radius 3 is 2.62 bits per heavy atom. The van der Waals surface area contributed by atoms with Crippen molar-refractivity contribution in [2.24, 2.45) is 5.92 Å². The minimum atomic E-state index is -0.240. The first-order valence-corrected chi connectivity index (χ1v) is 11.6. The highest BCUT2D eigenvalue weighted by Gasteiger charge is 2.32. The van der Waals surface area contributed by atoms with Crippen molar-refractivity contribution in [3.05, 3.63) is 80.6 Å². The number of carbonyl (C=O) groups is 1. The van der Waals surface area contributed by atoms with Crippen molar-refractivity contribution in [2.75, 3.05) is 11.9 Å². The molecule has 6 nitrogen and oxygen atoms in total. The minimum absolute atomic E-state index is 0.171. The summed E-state index contributed by atoms with van der Waals surface area (Å²) in [6.45, 7) is 7.17. The van der Waals surface area contributed by atoms with Gasteiger partial charge < -0.3 is 5.32 Å². The Morgan fingerprint density at radius 1 is 1.16 bits per heavy atom. The largest absolute Gasteiger partial charge is 0.365 e. The van der Waals surface area contributed by atoms with Gasteiger partial charge in [-0.05, 0) is 36.6 Å². The van der Waals surface area contributed by atoms with Gasteiger partial charge in [-0.15, -0.1) is 0 Å². The lowest BCUT2D eigenvalue weighted by atomic mass is 10.1. The predicted molar refractivity (Wildman–Crippen MR) is 135 cm³/mol. The first-order chi connectivity index (χ1) is 15.3. The number of aryl methyl sites for hydroxylation is 1. The minimum Gasteiger partial charge on any atom is -0.365 e. The molecule has 4 rings (SSSR count). The molecule has 0 atom stereocenters. The van der Waals surface area contributed by atoms with Crippen LogP contribution < -0.4 is 10.9 Å². The number of aromatic nitrogens is 2. The second-order valence-corrected chi connectivity index (χ2v) is 9.81. The first kappa shape index (κ1) is 22.2. The van der Waals surface area contributed by atoms with Crippen LogP contribution in [0.3, 0.4) is 0 Å². The number of rotatable bonds is 6. The molecule has 1 saturated heterocycles. The van der Waals surface area contributed by atoms with Crippen LogP contribution >= 0.6 is 24.0 Å². The Balaban J connectivity index is 1.74. The number of nitrogens with one attached hydrogen (secondary N) is 1. The molecular weight excluding hydrogens is 440 g/mol. The van der Waals surface area contributed by atoms with Gasteiger partial charge in [-0.25, -0.2) is 4.98 Å². The lowest BCUT2D eigenvalue weighted by Gasteiger charge is -2.16. The van der Waals surface area contributed by atoms with Crippen molar-refractivity contribution < 1.29 is 4.79 Å². The van der Waals surface area contributed by atoms with Crippen LogP contribution in [0.5, 0.6) is 0 Å². The molecule has 3 aromatic rings. The predicted octanol–water partition coefficient (Wildman–Crippen LogP) is 4.47. The summed E-state index contributed by atoms with van der Waals surface area (Å²) in [6.07, 6.45) is 3.29. The molecule has 0 saturated carbocycles. The van der Waals surface area contributed by atoms with E-state index in [0.29, 0.717) is 39.3 Å². The molecule has 1 aromatic carbocycles. The van der Waals surface area contributed by atoms with Gasteiger partial charge in [0.25, 0.3) is 11.5 Å². The normalized spacial score (nSPS) is 15.4. The zero-order valence-electron chi connectivity index (χ0n) is 18.2. The number of amides is 1. The maximum atomic E-state index is 13.3. The molecule has 1 N–H and O–H groups in total. The van der Waals surface area contributed by atoms with E-state index in [4.69, 9.17) is 12.2 Å². The average Bonchev–Trinajstić information content (AvgIpc) is 3.02. The maximum Gasteiger partial charge on any atom is 0.267 e. The van der Waals surface area contributed by atoms with E-state index in [0.717, 1.165) is 5.56 Å². The Labute approximate surface area is 196 Å². The van der Waals surface area contributed by atoms with Crippen molar-refractivity contribution in [3.8, 4) is 0 Å². The fourth-order valence-electron chi connectivity index (χ4n) is 3.41. The van der Waals surface area contributed by atoms with Gasteiger partial charge in [-0.3, -0.25) is 18.9 Å². The molecule has 0 spiro atoms. The van der Waals surface area contributed by atoms with Gasteiger partial charge in [-0.2, -0.15) is 0 Å². The summed E-state index contributed by atoms with van der Waals surface area (Å²) in [4.78, 5) is 33.0. The number of carbonyl (C=O) groups excluding carboxylic acids is 1. The summed E-state index contributed by atoms with van der Waals surface area (Å²) in [7, 11) is 0. The van der Waals surface area contributed by atoms with Gasteiger partial charge >= 0.3 is 0 Å². The highest BCUT2D eigenvalue weighted by Crippen LogP contribution is 2.33. The third kappa shape index (κ3) is 4.61. The highest BCUT2D eigenvalue weighted by molar-refractivity contribution is 8.26. The number of hydrogen-bond donors (Lipinski definition) is 1. The molecule has 32 heavy (non-hydrogen) atoms. The van der Waals surface area contributed by atoms with Gasteiger partial charge in [0, 0.05) is 19.3 Å². The molecular formula is C24H24N4O2S2. The second kappa shape index (κ2) is 9.26. The Kier molecular flexibility index (Phi) is 6.43. The highest BCUT2D eigenvalue weighted by atomic mass is 32.2. The molecule has 0 unspecified atom stereocenters. The standard InChI is InChI=1S/C24H24N4O2S2/c1-15(2)14-28-23(30)19(32-24(28)31)12-18-21(25-13-17-9-7-16(3)8-10-17)26-20-6-4-5-11-27(20)22(18)29/h4-12,15,25H,13-14H2,1-3H3/b19-12-. The second-order valence-electron chi connectivity index (χ2n) is 8.13. The Hall–Kier alpha value is -2.97. The van der Waals surface area contributed by atoms with E-state index in [1.54, 1.807) is 29.3 Å². The third-order valence-electron chi connectivity index (χ3n) is 5.05. The van der Waals surface area contributed by atoms with E-state index >= 15 is 0 Å². The molecule has 0 bridgehead atoms. The van der Waals surface area contributed by atoms with Crippen LogP contribution in [0.1, 0.15) is 30.5 Å². The maximum absolute atomic E-state index is 13.3. The number of nitrogens with zero attached hydrogens (tertiary/aromatic N) is 3. The van der Waals surface area contributed by atoms with Gasteiger partial charge in [-0.1, -0.05) is 73.7 Å². The van der Waals surface area contributed by atoms with Gasteiger partial charge in [0.15, 0.2) is 0 Å². The molecule has 1 aliphatic rings. The monoisotopic (exact) mass is 464 g/mol. The van der Waals surface area contributed by atoms with E-state index in [-0.39, 0.29) is 17.4 Å². The van der Waals surface area contributed by atoms with Crippen LogP contribution in [0.2, 0.25) is 0 Å². The molecule has 0 radical (unpaired) electrons. The number of benzene rings is 1. The summed E-state index contributed by atoms with van der Waals surface area (Å²) < 4.78 is 2.00. The fraction of sp³-hybridized carbons (Fsp3) is 0.250. The molecule has 2 aromatic heterocycles. The molecule has 1 amide bonds. The van der Waals surface area contributed by atoms with E-state index < -0.39 is 0 Å². The topological polar surface area (TPSA) is 66.7 Å². The van der Waals surface area contributed by atoms with Crippen LogP contribution in [0.15, 0.2) is 58.4 Å². The van der Waals surface area contributed by atoms with Crippen LogP contribution in [-0.2, 0) is 11.3 Å². The molecule has 164 valence electrons. The number of hydrogen-bond acceptors (Lipinski definition) is 6. The molecule has 1 fully saturated rings. The van der Waals surface area contributed by atoms with Crippen LogP contribution in [0.4, 0.5) is 5.82 Å². The number of fused-ring (bicyclic) bond motifs is 1. The smallest absolute Gasteiger partial charge is 0.267 e. The van der Waals surface area contributed by atoms with Crippen molar-refractivity contribution in [1.29, 1.82) is 0 Å². The zero-order chi connectivity index (χ0) is 22.8. The molecule has 8 heteroatoms. The van der Waals surface area contributed by atoms with Crippen molar-refractivity contribution in [3.63, 3.8) is 0 Å². The Morgan fingerprint density at radius 2 is 1.91 bits per heavy atom. The van der Waals surface area contributed by atoms with Gasteiger partial charge in [0.1, 0.15) is 15.8 Å². The van der Waals surface area contributed by atoms with Crippen molar-refractivity contribution in [1.82, 2.24) is 14.3 Å². The van der Waals surface area contributed by atoms with E-state index in [9.17, 15) is 9.59 Å². The summed E-state index contributed by atoms with van der Waals surface area (Å²) in [5.41, 5.74) is 2.88. The molecule has 0 aliphatic carbocycles. The lowest BCUT2D eigenvalue weighted by Crippen LogP contribution is -2.31. The lowest BCUT2D eigenvalue weighted by molar-refractivity contribution is -0.122. The van der Waals surface area contributed by atoms with E-state index in [1.165, 1.54) is 21.7 Å². The van der Waals surface area contributed by atoms with Crippen LogP contribution in [0.25, 0.3) is 11.7 Å². The van der Waals surface area contributed by atoms with Crippen LogP contribution in [-0.4, -0.2) is 31.1 Å². The average molecular weight is 465 g/mol. The van der Waals surface area contributed by atoms with Gasteiger partial charge in [0.05, 0.1) is 10.5 Å². The van der Waals surface area contributed by atoms with Crippen LogP contribution in [0, 0.1) is 12.8 Å². The summed E-state index contributed by atoms with van der Waals surface area (Å²) >= 11 is 6.63. The summed E-state index contributed by atoms with van der Waals surface area (Å²) in [5.74, 6) is 0.559. The number of thiocarbonyl (C=S) groups is 1. The summed E-state index contributed by atoms with van der Waals surface area (Å²) in [5, 5.41) is 3.29. The van der Waals surface area contributed by atoms with Crippen molar-refractivity contribution >= 4 is 51.7 Å². The van der Waals surface area contributed by atoms with Gasteiger partial charge in [0.2, 0.25) is 0 Å². The quantitative estimate of drug-likeness (QED) is 0.429. The fourth-order valence-corrected chi connectivity index (χ4v) is 4.67. The molecule has 3 heterocycles. The van der Waals surface area contributed by atoms with E-state index in [1.807, 2.05) is 51.1 Å². The summed E-state index contributed by atoms with van der Waals surface area (Å²) in [6, 6.07) is 13.6. The van der Waals surface area contributed by atoms with E-state index in [2.05, 4.69) is 10.3 Å². The Bertz CT molecular complexity index is 1280. The van der Waals surface area contributed by atoms with Crippen molar-refractivity contribution in [2.45, 2.75) is 27.3 Å². The SMILES string of the molecule is Cc1ccc(CNc2nc3ccccn3c(=O)c2/C=C2\SC(=S)N(CC(C)C)C2=O)cc1. The zero-order valence-corrected chi connectivity index (χ0v) is 19.8. The number of thioether (sulfide) groups is 1.